The molecule has 0 saturated carbocycles. The highest BCUT2D eigenvalue weighted by Gasteiger charge is 2.15. The molecule has 0 bridgehead atoms. The molecule has 174 valence electrons. The summed E-state index contributed by atoms with van der Waals surface area (Å²) < 4.78 is 0. The van der Waals surface area contributed by atoms with Gasteiger partial charge in [-0.2, -0.15) is 0 Å². The van der Waals surface area contributed by atoms with Crippen LogP contribution in [0.4, 0.5) is 0 Å². The lowest BCUT2D eigenvalue weighted by molar-refractivity contribution is 0.0787. The van der Waals surface area contributed by atoms with Crippen LogP contribution in [-0.2, 0) is 13.0 Å². The van der Waals surface area contributed by atoms with E-state index in [-0.39, 0.29) is 16.7 Å². The Morgan fingerprint density at radius 1 is 0.886 bits per heavy atom. The molecule has 35 heavy (non-hydrogen) atoms. The van der Waals surface area contributed by atoms with Crippen LogP contribution in [0.5, 0.6) is 5.88 Å². The maximum absolute atomic E-state index is 13.2. The van der Waals surface area contributed by atoms with Crippen molar-refractivity contribution >= 4 is 28.0 Å². The van der Waals surface area contributed by atoms with E-state index in [1.54, 1.807) is 4.90 Å². The quantitative estimate of drug-likeness (QED) is 0.321. The Labute approximate surface area is 206 Å². The normalized spacial score (nSPS) is 11.0. The molecule has 0 aliphatic heterocycles. The Kier molecular flexibility index (Phi) is 6.21. The van der Waals surface area contributed by atoms with Gasteiger partial charge in [-0.05, 0) is 45.2 Å². The summed E-state index contributed by atoms with van der Waals surface area (Å²) in [6, 6.07) is 30.0. The number of carbonyl (C=O) groups is 1. The van der Waals surface area contributed by atoms with Gasteiger partial charge < -0.3 is 10.0 Å². The maximum atomic E-state index is 13.2. The molecule has 0 radical (unpaired) electrons. The van der Waals surface area contributed by atoms with Gasteiger partial charge >= 0.3 is 4.87 Å². The SMILES string of the molecule is CN(Cc1cccc(-c2ccc(Cc3sc(=O)[nH]c3O)cc2)c1)C(=O)c1cccc2ccccc12. The number of thiazole rings is 1. The highest BCUT2D eigenvalue weighted by molar-refractivity contribution is 7.09. The number of hydrogen-bond donors (Lipinski definition) is 2. The number of aromatic hydroxyl groups is 1. The van der Waals surface area contributed by atoms with Crippen LogP contribution in [0, 0.1) is 0 Å². The van der Waals surface area contributed by atoms with Gasteiger partial charge in [0.15, 0.2) is 0 Å². The van der Waals surface area contributed by atoms with Crippen molar-refractivity contribution in [3.63, 3.8) is 0 Å². The predicted molar refractivity (Wildman–Crippen MR) is 141 cm³/mol. The fraction of sp³-hybridized carbons (Fsp3) is 0.103. The lowest BCUT2D eigenvalue weighted by Gasteiger charge is -2.19. The van der Waals surface area contributed by atoms with Crippen LogP contribution in [0.25, 0.3) is 21.9 Å². The molecule has 0 atom stereocenters. The number of aromatic amines is 1. The molecule has 0 aliphatic rings. The number of H-pyrrole nitrogens is 1. The molecule has 0 unspecified atom stereocenters. The molecular weight excluding hydrogens is 456 g/mol. The van der Waals surface area contributed by atoms with E-state index in [4.69, 9.17) is 0 Å². The minimum absolute atomic E-state index is 0.00753. The molecule has 1 amide bonds. The second-order valence-electron chi connectivity index (χ2n) is 8.55. The summed E-state index contributed by atoms with van der Waals surface area (Å²) in [4.78, 5) is 29.2. The summed E-state index contributed by atoms with van der Waals surface area (Å²) in [5.74, 6) is -0.0641. The minimum Gasteiger partial charge on any atom is -0.494 e. The molecule has 0 saturated heterocycles. The third kappa shape index (κ3) is 4.88. The fourth-order valence-corrected chi connectivity index (χ4v) is 5.04. The molecule has 5 aromatic rings. The first kappa shape index (κ1) is 22.6. The van der Waals surface area contributed by atoms with Crippen molar-refractivity contribution in [1.82, 2.24) is 9.88 Å². The first-order valence-corrected chi connectivity index (χ1v) is 12.1. The van der Waals surface area contributed by atoms with Crippen molar-refractivity contribution in [3.05, 3.63) is 122 Å². The molecule has 5 rings (SSSR count). The molecule has 2 N–H and O–H groups in total. The van der Waals surface area contributed by atoms with Crippen molar-refractivity contribution in [3.8, 4) is 17.0 Å². The van der Waals surface area contributed by atoms with Crippen molar-refractivity contribution in [2.75, 3.05) is 7.05 Å². The summed E-state index contributed by atoms with van der Waals surface area (Å²) in [5, 5.41) is 11.8. The highest BCUT2D eigenvalue weighted by Crippen LogP contribution is 2.25. The molecule has 0 fully saturated rings. The first-order chi connectivity index (χ1) is 17.0. The van der Waals surface area contributed by atoms with Gasteiger partial charge in [0.1, 0.15) is 0 Å². The topological polar surface area (TPSA) is 73.4 Å². The largest absolute Gasteiger partial charge is 0.494 e. The third-order valence-corrected chi connectivity index (χ3v) is 6.94. The number of aromatic nitrogens is 1. The lowest BCUT2D eigenvalue weighted by atomic mass is 10.0. The van der Waals surface area contributed by atoms with Gasteiger partial charge in [0.2, 0.25) is 5.88 Å². The number of benzene rings is 4. The standard InChI is InChI=1S/C29H24N2O3S/c1-31(28(33)25-11-5-8-22-7-2-3-10-24(22)25)18-20-6-4-9-23(16-20)21-14-12-19(13-15-21)17-26-27(32)30-29(34)35-26/h2-16,32H,17-18H2,1H3,(H,30,34). The summed E-state index contributed by atoms with van der Waals surface area (Å²) in [7, 11) is 1.83. The summed E-state index contributed by atoms with van der Waals surface area (Å²) in [6.45, 7) is 0.500. The number of rotatable bonds is 6. The van der Waals surface area contributed by atoms with Gasteiger partial charge in [0.05, 0.1) is 4.88 Å². The Bertz CT molecular complexity index is 1560. The summed E-state index contributed by atoms with van der Waals surface area (Å²) >= 11 is 1.03. The zero-order chi connectivity index (χ0) is 24.4. The number of amides is 1. The number of hydrogen-bond acceptors (Lipinski definition) is 4. The number of nitrogens with one attached hydrogen (secondary N) is 1. The molecule has 0 aliphatic carbocycles. The Morgan fingerprint density at radius 3 is 2.40 bits per heavy atom. The van der Waals surface area contributed by atoms with E-state index in [0.717, 1.165) is 44.4 Å². The van der Waals surface area contributed by atoms with E-state index >= 15 is 0 Å². The van der Waals surface area contributed by atoms with Crippen LogP contribution in [0.3, 0.4) is 0 Å². The van der Waals surface area contributed by atoms with Gasteiger partial charge in [0.25, 0.3) is 5.91 Å². The fourth-order valence-electron chi connectivity index (χ4n) is 4.28. The molecule has 6 heteroatoms. The lowest BCUT2D eigenvalue weighted by Crippen LogP contribution is -2.26. The van der Waals surface area contributed by atoms with Crippen LogP contribution < -0.4 is 4.87 Å². The average molecular weight is 481 g/mol. The number of fused-ring (bicyclic) bond motifs is 1. The van der Waals surface area contributed by atoms with Crippen LogP contribution >= 0.6 is 11.3 Å². The van der Waals surface area contributed by atoms with E-state index in [9.17, 15) is 14.7 Å². The van der Waals surface area contributed by atoms with Crippen LogP contribution in [-0.4, -0.2) is 27.9 Å². The smallest absolute Gasteiger partial charge is 0.307 e. The van der Waals surface area contributed by atoms with E-state index in [2.05, 4.69) is 17.1 Å². The maximum Gasteiger partial charge on any atom is 0.307 e. The first-order valence-electron chi connectivity index (χ1n) is 11.3. The second kappa shape index (κ2) is 9.60. The van der Waals surface area contributed by atoms with Crippen LogP contribution in [0.1, 0.15) is 26.4 Å². The van der Waals surface area contributed by atoms with Crippen molar-refractivity contribution in [1.29, 1.82) is 0 Å². The third-order valence-electron chi connectivity index (χ3n) is 6.07. The van der Waals surface area contributed by atoms with E-state index in [1.165, 1.54) is 0 Å². The van der Waals surface area contributed by atoms with Crippen molar-refractivity contribution in [2.45, 2.75) is 13.0 Å². The Hall–Kier alpha value is -4.16. The van der Waals surface area contributed by atoms with E-state index in [0.29, 0.717) is 23.4 Å². The van der Waals surface area contributed by atoms with Gasteiger partial charge in [-0.15, -0.1) is 0 Å². The summed E-state index contributed by atoms with van der Waals surface area (Å²) in [6.07, 6.45) is 0.497. The average Bonchev–Trinajstić information content (AvgIpc) is 3.20. The number of nitrogens with zero attached hydrogens (tertiary/aromatic N) is 1. The zero-order valence-corrected chi connectivity index (χ0v) is 20.0. The Morgan fingerprint density at radius 2 is 1.63 bits per heavy atom. The van der Waals surface area contributed by atoms with Gasteiger partial charge in [-0.1, -0.05) is 90.2 Å². The van der Waals surface area contributed by atoms with Gasteiger partial charge in [-0.25, -0.2) is 0 Å². The van der Waals surface area contributed by atoms with Crippen molar-refractivity contribution in [2.24, 2.45) is 0 Å². The molecular formula is C29H24N2O3S. The minimum atomic E-state index is -0.255. The molecule has 1 heterocycles. The van der Waals surface area contributed by atoms with Crippen LogP contribution in [0.15, 0.2) is 95.8 Å². The van der Waals surface area contributed by atoms with Crippen molar-refractivity contribution < 1.29 is 9.90 Å². The second-order valence-corrected chi connectivity index (χ2v) is 9.62. The Balaban J connectivity index is 1.32. The zero-order valence-electron chi connectivity index (χ0n) is 19.2. The van der Waals surface area contributed by atoms with Gasteiger partial charge in [-0.3, -0.25) is 14.6 Å². The molecule has 4 aromatic carbocycles. The van der Waals surface area contributed by atoms with E-state index < -0.39 is 0 Å². The molecule has 1 aromatic heterocycles. The predicted octanol–water partition coefficient (Wildman–Crippen LogP) is 5.83. The number of carbonyl (C=O) groups excluding carboxylic acids is 1. The monoisotopic (exact) mass is 480 g/mol. The van der Waals surface area contributed by atoms with E-state index in [1.807, 2.05) is 85.9 Å². The van der Waals surface area contributed by atoms with Crippen LogP contribution in [0.2, 0.25) is 0 Å². The molecule has 5 nitrogen and oxygen atoms in total. The summed E-state index contributed by atoms with van der Waals surface area (Å²) in [5.41, 5.74) is 4.88. The molecule has 0 spiro atoms. The van der Waals surface area contributed by atoms with Gasteiger partial charge in [0, 0.05) is 25.6 Å². The highest BCUT2D eigenvalue weighted by atomic mass is 32.1.